The molecule has 0 saturated heterocycles. The van der Waals surface area contributed by atoms with Crippen LogP contribution in [0, 0.1) is 12.7 Å². The summed E-state index contributed by atoms with van der Waals surface area (Å²) in [5, 5.41) is 2.97. The Morgan fingerprint density at radius 1 is 1.54 bits per heavy atom. The number of rotatable bonds is 1. The molecule has 4 N–H and O–H groups in total. The Balaban J connectivity index is 2.79. The van der Waals surface area contributed by atoms with Gasteiger partial charge in [0.2, 0.25) is 0 Å². The molecular formula is C8H10FN3S. The summed E-state index contributed by atoms with van der Waals surface area (Å²) >= 11 is 4.74. The van der Waals surface area contributed by atoms with Gasteiger partial charge in [-0.2, -0.15) is 0 Å². The van der Waals surface area contributed by atoms with Crippen LogP contribution in [0.25, 0.3) is 0 Å². The van der Waals surface area contributed by atoms with Gasteiger partial charge in [-0.3, -0.25) is 0 Å². The fourth-order valence-corrected chi connectivity index (χ4v) is 0.956. The molecule has 3 nitrogen and oxygen atoms in total. The molecule has 5 heteroatoms. The van der Waals surface area contributed by atoms with E-state index in [0.717, 1.165) is 0 Å². The fraction of sp³-hybridized carbons (Fsp3) is 0.125. The van der Waals surface area contributed by atoms with E-state index in [4.69, 9.17) is 18.1 Å². The lowest BCUT2D eigenvalue weighted by molar-refractivity contribution is 0.619. The van der Waals surface area contributed by atoms with Gasteiger partial charge in [0.1, 0.15) is 5.82 Å². The van der Waals surface area contributed by atoms with Gasteiger partial charge in [0, 0.05) is 5.69 Å². The molecule has 0 atom stereocenters. The molecule has 0 amide bonds. The molecule has 0 aliphatic carbocycles. The van der Waals surface area contributed by atoms with Crippen LogP contribution in [0.4, 0.5) is 10.1 Å². The summed E-state index contributed by atoms with van der Waals surface area (Å²) in [7, 11) is 0. The molecule has 0 unspecified atom stereocenters. The van der Waals surface area contributed by atoms with Crippen LogP contribution in [-0.2, 0) is 0 Å². The van der Waals surface area contributed by atoms with E-state index in [0.29, 0.717) is 11.3 Å². The van der Waals surface area contributed by atoms with Gasteiger partial charge < -0.3 is 10.7 Å². The highest BCUT2D eigenvalue weighted by Crippen LogP contribution is 2.12. The van der Waals surface area contributed by atoms with E-state index < -0.39 is 0 Å². The fourth-order valence-electron chi connectivity index (χ4n) is 0.838. The molecule has 0 radical (unpaired) electrons. The zero-order valence-electron chi connectivity index (χ0n) is 7.10. The van der Waals surface area contributed by atoms with Crippen molar-refractivity contribution in [3.63, 3.8) is 0 Å². The molecule has 1 rings (SSSR count). The van der Waals surface area contributed by atoms with E-state index in [-0.39, 0.29) is 10.9 Å². The normalized spacial score (nSPS) is 9.46. The van der Waals surface area contributed by atoms with E-state index in [1.54, 1.807) is 19.1 Å². The summed E-state index contributed by atoms with van der Waals surface area (Å²) in [5.41, 5.74) is 3.42. The summed E-state index contributed by atoms with van der Waals surface area (Å²) < 4.78 is 13.0. The molecule has 0 fully saturated rings. The highest BCUT2D eigenvalue weighted by atomic mass is 32.1. The first-order chi connectivity index (χ1) is 6.13. The summed E-state index contributed by atoms with van der Waals surface area (Å²) in [6, 6.07) is 4.75. The van der Waals surface area contributed by atoms with Crippen LogP contribution in [0.1, 0.15) is 5.56 Å². The van der Waals surface area contributed by atoms with E-state index in [2.05, 4.69) is 10.7 Å². The Morgan fingerprint density at radius 2 is 2.23 bits per heavy atom. The highest BCUT2D eigenvalue weighted by Gasteiger charge is 1.99. The number of nitrogens with two attached hydrogens (primary N) is 1. The maximum atomic E-state index is 13.0. The molecule has 0 aliphatic rings. The van der Waals surface area contributed by atoms with Crippen molar-refractivity contribution in [2.75, 3.05) is 5.32 Å². The maximum Gasteiger partial charge on any atom is 0.185 e. The number of hydrogen-bond acceptors (Lipinski definition) is 2. The second-order valence-corrected chi connectivity index (χ2v) is 2.97. The van der Waals surface area contributed by atoms with E-state index in [1.165, 1.54) is 6.07 Å². The SMILES string of the molecule is Cc1ccc(NC(=S)NN)cc1F. The first kappa shape index (κ1) is 9.88. The number of halogens is 1. The monoisotopic (exact) mass is 199 g/mol. The van der Waals surface area contributed by atoms with Crippen molar-refractivity contribution >= 4 is 23.0 Å². The van der Waals surface area contributed by atoms with Crippen LogP contribution in [0.5, 0.6) is 0 Å². The first-order valence-electron chi connectivity index (χ1n) is 3.67. The van der Waals surface area contributed by atoms with Crippen molar-refractivity contribution in [3.05, 3.63) is 29.6 Å². The molecule has 1 aromatic rings. The van der Waals surface area contributed by atoms with E-state index in [1.807, 2.05) is 0 Å². The number of hydrogen-bond donors (Lipinski definition) is 3. The van der Waals surface area contributed by atoms with Crippen molar-refractivity contribution in [2.45, 2.75) is 6.92 Å². The van der Waals surface area contributed by atoms with Crippen molar-refractivity contribution in [2.24, 2.45) is 5.84 Å². The lowest BCUT2D eigenvalue weighted by atomic mass is 10.2. The average molecular weight is 199 g/mol. The van der Waals surface area contributed by atoms with Crippen molar-refractivity contribution in [1.82, 2.24) is 5.43 Å². The Labute approximate surface area is 81.1 Å². The molecule has 0 bridgehead atoms. The van der Waals surface area contributed by atoms with Gasteiger partial charge in [0.15, 0.2) is 5.11 Å². The maximum absolute atomic E-state index is 13.0. The Kier molecular flexibility index (Phi) is 3.16. The summed E-state index contributed by atoms with van der Waals surface area (Å²) in [6.45, 7) is 1.69. The number of benzene rings is 1. The third-order valence-electron chi connectivity index (χ3n) is 1.56. The van der Waals surface area contributed by atoms with Crippen LogP contribution in [0.15, 0.2) is 18.2 Å². The predicted molar refractivity (Wildman–Crippen MR) is 54.7 cm³/mol. The minimum Gasteiger partial charge on any atom is -0.332 e. The molecule has 1 aromatic carbocycles. The van der Waals surface area contributed by atoms with Crippen LogP contribution < -0.4 is 16.6 Å². The summed E-state index contributed by atoms with van der Waals surface area (Å²) in [4.78, 5) is 0. The van der Waals surface area contributed by atoms with Crippen molar-refractivity contribution < 1.29 is 4.39 Å². The molecule has 0 heterocycles. The zero-order chi connectivity index (χ0) is 9.84. The number of nitrogens with one attached hydrogen (secondary N) is 2. The van der Waals surface area contributed by atoms with E-state index >= 15 is 0 Å². The Morgan fingerprint density at radius 3 is 2.77 bits per heavy atom. The second kappa shape index (κ2) is 4.15. The first-order valence-corrected chi connectivity index (χ1v) is 4.08. The van der Waals surface area contributed by atoms with Gasteiger partial charge in [-0.15, -0.1) is 0 Å². The molecule has 13 heavy (non-hydrogen) atoms. The third-order valence-corrected chi connectivity index (χ3v) is 1.78. The quantitative estimate of drug-likeness (QED) is 0.362. The smallest absolute Gasteiger partial charge is 0.185 e. The summed E-state index contributed by atoms with van der Waals surface area (Å²) in [6.07, 6.45) is 0. The molecule has 70 valence electrons. The standard InChI is InChI=1S/C8H10FN3S/c1-5-2-3-6(4-7(5)9)11-8(13)12-10/h2-4H,10H2,1H3,(H2,11,12,13). The lowest BCUT2D eigenvalue weighted by Gasteiger charge is -2.07. The van der Waals surface area contributed by atoms with Crippen molar-refractivity contribution in [1.29, 1.82) is 0 Å². The van der Waals surface area contributed by atoms with Gasteiger partial charge in [-0.25, -0.2) is 10.2 Å². The zero-order valence-corrected chi connectivity index (χ0v) is 7.91. The average Bonchev–Trinajstić information content (AvgIpc) is 2.11. The van der Waals surface area contributed by atoms with Gasteiger partial charge in [-0.1, -0.05) is 6.07 Å². The number of aryl methyl sites for hydroxylation is 1. The van der Waals surface area contributed by atoms with Gasteiger partial charge in [-0.05, 0) is 36.8 Å². The molecule has 0 spiro atoms. The largest absolute Gasteiger partial charge is 0.332 e. The second-order valence-electron chi connectivity index (χ2n) is 2.56. The van der Waals surface area contributed by atoms with Crippen LogP contribution in [0.3, 0.4) is 0 Å². The minimum absolute atomic E-state index is 0.253. The number of thiocarbonyl (C=S) groups is 1. The van der Waals surface area contributed by atoms with E-state index in [9.17, 15) is 4.39 Å². The van der Waals surface area contributed by atoms with Gasteiger partial charge in [0.05, 0.1) is 0 Å². The highest BCUT2D eigenvalue weighted by molar-refractivity contribution is 7.80. The molecule has 0 aliphatic heterocycles. The number of hydrazine groups is 1. The molecule has 0 saturated carbocycles. The molecule has 0 aromatic heterocycles. The third kappa shape index (κ3) is 2.64. The number of anilines is 1. The predicted octanol–water partition coefficient (Wildman–Crippen LogP) is 1.29. The minimum atomic E-state index is -0.273. The topological polar surface area (TPSA) is 50.1 Å². The van der Waals surface area contributed by atoms with Crippen molar-refractivity contribution in [3.8, 4) is 0 Å². The Hall–Kier alpha value is -1.20. The van der Waals surface area contributed by atoms with Crippen LogP contribution >= 0.6 is 12.2 Å². The summed E-state index contributed by atoms with van der Waals surface area (Å²) in [5.74, 6) is 4.77. The van der Waals surface area contributed by atoms with Gasteiger partial charge >= 0.3 is 0 Å². The lowest BCUT2D eigenvalue weighted by Crippen LogP contribution is -2.34. The molecular weight excluding hydrogens is 189 g/mol. The van der Waals surface area contributed by atoms with Crippen LogP contribution in [0.2, 0.25) is 0 Å². The van der Waals surface area contributed by atoms with Gasteiger partial charge in [0.25, 0.3) is 0 Å². The van der Waals surface area contributed by atoms with Crippen LogP contribution in [-0.4, -0.2) is 5.11 Å². The Bertz CT molecular complexity index is 327.